The second-order valence-corrected chi connectivity index (χ2v) is 7.24. The minimum atomic E-state index is -0.740. The van der Waals surface area contributed by atoms with Crippen molar-refractivity contribution in [1.82, 2.24) is 10.2 Å². The Kier molecular flexibility index (Phi) is 7.27. The molecule has 0 saturated carbocycles. The average molecular weight is 328 g/mol. The quantitative estimate of drug-likeness (QED) is 0.662. The van der Waals surface area contributed by atoms with E-state index < -0.39 is 12.2 Å². The van der Waals surface area contributed by atoms with E-state index in [1.807, 2.05) is 13.8 Å². The van der Waals surface area contributed by atoms with Crippen LogP contribution in [0.4, 0.5) is 0 Å². The first-order valence-electron chi connectivity index (χ1n) is 8.96. The largest absolute Gasteiger partial charge is 0.396 e. The van der Waals surface area contributed by atoms with Crippen LogP contribution in [0.15, 0.2) is 0 Å². The molecule has 3 atom stereocenters. The average Bonchev–Trinajstić information content (AvgIpc) is 2.53. The standard InChI is InChI=1S/C17H32N2O4/c1-12(2)18-17(22)16-15(21)4-3-14(23-16)7-10-19-8-5-13(11-20)6-9-19/h12-16,20-21H,3-11H2,1-2H3,(H,18,22). The van der Waals surface area contributed by atoms with Crippen LogP contribution in [-0.2, 0) is 9.53 Å². The molecule has 0 bridgehead atoms. The van der Waals surface area contributed by atoms with Crippen LogP contribution in [0.5, 0.6) is 0 Å². The van der Waals surface area contributed by atoms with Crippen LogP contribution in [0.1, 0.15) is 46.0 Å². The molecule has 0 aromatic rings. The van der Waals surface area contributed by atoms with E-state index in [1.165, 1.54) is 0 Å². The van der Waals surface area contributed by atoms with Crippen LogP contribution in [0.3, 0.4) is 0 Å². The maximum Gasteiger partial charge on any atom is 0.252 e. The number of aliphatic hydroxyl groups is 2. The summed E-state index contributed by atoms with van der Waals surface area (Å²) in [7, 11) is 0. The molecule has 0 aromatic carbocycles. The first-order chi connectivity index (χ1) is 11.0. The fourth-order valence-corrected chi connectivity index (χ4v) is 3.41. The molecule has 0 radical (unpaired) electrons. The van der Waals surface area contributed by atoms with Crippen molar-refractivity contribution in [3.8, 4) is 0 Å². The van der Waals surface area contributed by atoms with Gasteiger partial charge in [-0.2, -0.15) is 0 Å². The highest BCUT2D eigenvalue weighted by Gasteiger charge is 2.35. The third-order valence-electron chi connectivity index (χ3n) is 4.89. The molecule has 1 amide bonds. The number of rotatable bonds is 6. The Morgan fingerprint density at radius 3 is 2.57 bits per heavy atom. The Hall–Kier alpha value is -0.690. The Balaban J connectivity index is 1.74. The summed E-state index contributed by atoms with van der Waals surface area (Å²) < 4.78 is 5.87. The van der Waals surface area contributed by atoms with E-state index in [4.69, 9.17) is 4.74 Å². The molecule has 6 heteroatoms. The van der Waals surface area contributed by atoms with Crippen LogP contribution < -0.4 is 5.32 Å². The normalized spacial score (nSPS) is 30.6. The molecule has 2 fully saturated rings. The number of aliphatic hydroxyl groups excluding tert-OH is 2. The maximum atomic E-state index is 12.1. The zero-order valence-corrected chi connectivity index (χ0v) is 14.4. The minimum absolute atomic E-state index is 0.0388. The van der Waals surface area contributed by atoms with E-state index in [9.17, 15) is 15.0 Å². The van der Waals surface area contributed by atoms with Crippen molar-refractivity contribution in [2.75, 3.05) is 26.2 Å². The number of hydrogen-bond acceptors (Lipinski definition) is 5. The molecule has 2 rings (SSSR count). The molecular formula is C17H32N2O4. The zero-order chi connectivity index (χ0) is 16.8. The smallest absolute Gasteiger partial charge is 0.252 e. The third kappa shape index (κ3) is 5.71. The Morgan fingerprint density at radius 1 is 1.26 bits per heavy atom. The van der Waals surface area contributed by atoms with Crippen molar-refractivity contribution in [2.45, 2.75) is 70.3 Å². The van der Waals surface area contributed by atoms with Gasteiger partial charge in [-0.05, 0) is 65.0 Å². The lowest BCUT2D eigenvalue weighted by Gasteiger charge is -2.36. The molecule has 0 spiro atoms. The van der Waals surface area contributed by atoms with Gasteiger partial charge < -0.3 is 25.2 Å². The van der Waals surface area contributed by atoms with Gasteiger partial charge in [-0.1, -0.05) is 0 Å². The van der Waals surface area contributed by atoms with Crippen molar-refractivity contribution >= 4 is 5.91 Å². The van der Waals surface area contributed by atoms with E-state index in [0.717, 1.165) is 45.3 Å². The van der Waals surface area contributed by atoms with Crippen LogP contribution in [0.25, 0.3) is 0 Å². The molecule has 23 heavy (non-hydrogen) atoms. The number of likely N-dealkylation sites (tertiary alicyclic amines) is 1. The van der Waals surface area contributed by atoms with Gasteiger partial charge in [-0.25, -0.2) is 0 Å². The number of piperidine rings is 1. The van der Waals surface area contributed by atoms with E-state index >= 15 is 0 Å². The summed E-state index contributed by atoms with van der Waals surface area (Å²) in [5.74, 6) is 0.248. The maximum absolute atomic E-state index is 12.1. The van der Waals surface area contributed by atoms with Gasteiger partial charge in [0.05, 0.1) is 12.2 Å². The van der Waals surface area contributed by atoms with Gasteiger partial charge in [0.15, 0.2) is 6.10 Å². The van der Waals surface area contributed by atoms with Crippen LogP contribution in [0, 0.1) is 5.92 Å². The van der Waals surface area contributed by atoms with Gasteiger partial charge in [0.2, 0.25) is 0 Å². The van der Waals surface area contributed by atoms with E-state index in [1.54, 1.807) is 0 Å². The number of nitrogens with zero attached hydrogens (tertiary/aromatic N) is 1. The van der Waals surface area contributed by atoms with Gasteiger partial charge in [-0.3, -0.25) is 4.79 Å². The fraction of sp³-hybridized carbons (Fsp3) is 0.941. The number of hydrogen-bond donors (Lipinski definition) is 3. The Labute approximate surface area is 139 Å². The number of nitrogens with one attached hydrogen (secondary N) is 1. The molecule has 2 aliphatic rings. The zero-order valence-electron chi connectivity index (χ0n) is 14.4. The molecule has 3 N–H and O–H groups in total. The first kappa shape index (κ1) is 18.6. The van der Waals surface area contributed by atoms with Gasteiger partial charge in [0, 0.05) is 19.2 Å². The summed E-state index contributed by atoms with van der Waals surface area (Å²) in [6.07, 6.45) is 3.02. The molecule has 2 saturated heterocycles. The monoisotopic (exact) mass is 328 g/mol. The highest BCUT2D eigenvalue weighted by molar-refractivity contribution is 5.81. The summed E-state index contributed by atoms with van der Waals surface area (Å²) in [6, 6.07) is 0.0477. The topological polar surface area (TPSA) is 82.0 Å². The molecule has 2 aliphatic heterocycles. The summed E-state index contributed by atoms with van der Waals surface area (Å²) in [5, 5.41) is 22.0. The third-order valence-corrected chi connectivity index (χ3v) is 4.89. The van der Waals surface area contributed by atoms with E-state index in [-0.39, 0.29) is 18.1 Å². The SMILES string of the molecule is CC(C)NC(=O)C1OC(CCN2CCC(CO)CC2)CCC1O. The molecule has 0 aromatic heterocycles. The lowest BCUT2D eigenvalue weighted by molar-refractivity contribution is -0.159. The number of carbonyl (C=O) groups is 1. The van der Waals surface area contributed by atoms with Crippen molar-refractivity contribution in [2.24, 2.45) is 5.92 Å². The molecule has 0 aliphatic carbocycles. The number of ether oxygens (including phenoxy) is 1. The van der Waals surface area contributed by atoms with Crippen molar-refractivity contribution in [1.29, 1.82) is 0 Å². The van der Waals surface area contributed by atoms with Crippen LogP contribution in [-0.4, -0.2) is 71.6 Å². The lowest BCUT2D eigenvalue weighted by Crippen LogP contribution is -2.50. The predicted octanol–water partition coefficient (Wildman–Crippen LogP) is 0.514. The van der Waals surface area contributed by atoms with Crippen molar-refractivity contribution < 1.29 is 19.7 Å². The summed E-state index contributed by atoms with van der Waals surface area (Å²) in [5.41, 5.74) is 0. The second kappa shape index (κ2) is 8.97. The molecular weight excluding hydrogens is 296 g/mol. The van der Waals surface area contributed by atoms with Gasteiger partial charge in [0.1, 0.15) is 0 Å². The molecule has 3 unspecified atom stereocenters. The minimum Gasteiger partial charge on any atom is -0.396 e. The fourth-order valence-electron chi connectivity index (χ4n) is 3.41. The van der Waals surface area contributed by atoms with Crippen molar-refractivity contribution in [3.05, 3.63) is 0 Å². The van der Waals surface area contributed by atoms with Crippen LogP contribution >= 0.6 is 0 Å². The van der Waals surface area contributed by atoms with E-state index in [2.05, 4.69) is 10.2 Å². The van der Waals surface area contributed by atoms with E-state index in [0.29, 0.717) is 18.9 Å². The highest BCUT2D eigenvalue weighted by atomic mass is 16.5. The number of carbonyl (C=O) groups excluding carboxylic acids is 1. The summed E-state index contributed by atoms with van der Waals surface area (Å²) in [4.78, 5) is 14.5. The Bertz CT molecular complexity index is 370. The summed E-state index contributed by atoms with van der Waals surface area (Å²) >= 11 is 0. The predicted molar refractivity (Wildman–Crippen MR) is 88.0 cm³/mol. The molecule has 2 heterocycles. The highest BCUT2D eigenvalue weighted by Crippen LogP contribution is 2.23. The Morgan fingerprint density at radius 2 is 1.96 bits per heavy atom. The van der Waals surface area contributed by atoms with Crippen molar-refractivity contribution in [3.63, 3.8) is 0 Å². The van der Waals surface area contributed by atoms with Gasteiger partial charge in [0.25, 0.3) is 5.91 Å². The van der Waals surface area contributed by atoms with Gasteiger partial charge >= 0.3 is 0 Å². The molecule has 134 valence electrons. The van der Waals surface area contributed by atoms with Crippen LogP contribution in [0.2, 0.25) is 0 Å². The summed E-state index contributed by atoms with van der Waals surface area (Å²) in [6.45, 7) is 7.11. The first-order valence-corrected chi connectivity index (χ1v) is 8.96. The number of amides is 1. The lowest BCUT2D eigenvalue weighted by atomic mass is 9.96. The van der Waals surface area contributed by atoms with Gasteiger partial charge in [-0.15, -0.1) is 0 Å². The second-order valence-electron chi connectivity index (χ2n) is 7.24. The molecule has 6 nitrogen and oxygen atoms in total.